The Hall–Kier alpha value is -2.60. The van der Waals surface area contributed by atoms with Crippen LogP contribution < -0.4 is 4.74 Å². The molecular formula is C17H16N4OS. The van der Waals surface area contributed by atoms with Gasteiger partial charge in [-0.25, -0.2) is 0 Å². The lowest BCUT2D eigenvalue weighted by Gasteiger charge is -2.01. The summed E-state index contributed by atoms with van der Waals surface area (Å²) in [5, 5.41) is 13.2. The summed E-state index contributed by atoms with van der Waals surface area (Å²) >= 11 is 1.60. The number of thioether (sulfide) groups is 1. The maximum Gasteiger partial charge on any atom is 0.212 e. The Labute approximate surface area is 139 Å². The maximum atomic E-state index is 5.14. The molecule has 0 aliphatic heterocycles. The van der Waals surface area contributed by atoms with Crippen molar-refractivity contribution in [3.63, 3.8) is 0 Å². The van der Waals surface area contributed by atoms with E-state index in [4.69, 9.17) is 4.74 Å². The average Bonchev–Trinajstić information content (AvgIpc) is 3.07. The molecular weight excluding hydrogens is 308 g/mol. The van der Waals surface area contributed by atoms with Crippen LogP contribution in [-0.2, 0) is 5.75 Å². The smallest absolute Gasteiger partial charge is 0.212 e. The molecule has 0 fully saturated rings. The highest BCUT2D eigenvalue weighted by Gasteiger charge is 2.04. The number of ether oxygens (including phenoxy) is 1. The van der Waals surface area contributed by atoms with Crippen LogP contribution in [0.1, 0.15) is 11.1 Å². The molecule has 23 heavy (non-hydrogen) atoms. The number of hydrogen-bond donors (Lipinski definition) is 0. The van der Waals surface area contributed by atoms with Crippen LogP contribution in [0.25, 0.3) is 0 Å². The number of rotatable bonds is 6. The predicted octanol–water partition coefficient (Wildman–Crippen LogP) is 3.46. The molecule has 2 aromatic carbocycles. The molecule has 0 amide bonds. The lowest BCUT2D eigenvalue weighted by atomic mass is 10.2. The van der Waals surface area contributed by atoms with Gasteiger partial charge in [-0.15, -0.1) is 10.2 Å². The lowest BCUT2D eigenvalue weighted by molar-refractivity contribution is 0.415. The monoisotopic (exact) mass is 324 g/mol. The Morgan fingerprint density at radius 2 is 1.91 bits per heavy atom. The van der Waals surface area contributed by atoms with Gasteiger partial charge in [-0.05, 0) is 35.4 Å². The van der Waals surface area contributed by atoms with E-state index in [0.717, 1.165) is 22.2 Å². The predicted molar refractivity (Wildman–Crippen MR) is 92.0 cm³/mol. The Morgan fingerprint density at radius 1 is 1.13 bits per heavy atom. The molecule has 1 aromatic heterocycles. The normalized spacial score (nSPS) is 11.0. The van der Waals surface area contributed by atoms with Gasteiger partial charge in [-0.3, -0.25) is 0 Å². The third-order valence-electron chi connectivity index (χ3n) is 3.16. The molecule has 0 radical (unpaired) electrons. The Morgan fingerprint density at radius 3 is 2.65 bits per heavy atom. The number of hydrogen-bond acceptors (Lipinski definition) is 5. The van der Waals surface area contributed by atoms with Crippen molar-refractivity contribution in [2.75, 3.05) is 7.11 Å². The van der Waals surface area contributed by atoms with E-state index in [0.29, 0.717) is 0 Å². The molecule has 0 saturated heterocycles. The van der Waals surface area contributed by atoms with E-state index in [1.54, 1.807) is 36.1 Å². The van der Waals surface area contributed by atoms with Crippen molar-refractivity contribution >= 4 is 18.0 Å². The highest BCUT2D eigenvalue weighted by atomic mass is 32.2. The third kappa shape index (κ3) is 4.20. The van der Waals surface area contributed by atoms with Crippen LogP contribution in [0.2, 0.25) is 0 Å². The summed E-state index contributed by atoms with van der Waals surface area (Å²) in [5.41, 5.74) is 2.23. The fourth-order valence-electron chi connectivity index (χ4n) is 1.93. The van der Waals surface area contributed by atoms with E-state index < -0.39 is 0 Å². The zero-order chi connectivity index (χ0) is 15.9. The average molecular weight is 324 g/mol. The minimum absolute atomic E-state index is 0.763. The van der Waals surface area contributed by atoms with Gasteiger partial charge in [-0.2, -0.15) is 9.78 Å². The minimum Gasteiger partial charge on any atom is -0.497 e. The van der Waals surface area contributed by atoms with Crippen LogP contribution in [0, 0.1) is 0 Å². The van der Waals surface area contributed by atoms with Gasteiger partial charge in [-0.1, -0.05) is 42.1 Å². The second-order valence-electron chi connectivity index (χ2n) is 4.75. The summed E-state index contributed by atoms with van der Waals surface area (Å²) in [6, 6.07) is 18.0. The Bertz CT molecular complexity index is 769. The van der Waals surface area contributed by atoms with E-state index in [9.17, 15) is 0 Å². The number of nitrogens with zero attached hydrogens (tertiary/aromatic N) is 4. The van der Waals surface area contributed by atoms with Gasteiger partial charge in [0.15, 0.2) is 0 Å². The topological polar surface area (TPSA) is 52.3 Å². The lowest BCUT2D eigenvalue weighted by Crippen LogP contribution is -1.93. The molecule has 5 nitrogen and oxygen atoms in total. The van der Waals surface area contributed by atoms with Crippen molar-refractivity contribution in [3.8, 4) is 5.75 Å². The highest BCUT2D eigenvalue weighted by molar-refractivity contribution is 7.98. The summed E-state index contributed by atoms with van der Waals surface area (Å²) in [6.45, 7) is 0. The van der Waals surface area contributed by atoms with Crippen LogP contribution in [0.5, 0.6) is 5.75 Å². The zero-order valence-electron chi connectivity index (χ0n) is 12.7. The van der Waals surface area contributed by atoms with Crippen LogP contribution >= 0.6 is 11.8 Å². The third-order valence-corrected chi connectivity index (χ3v) is 4.16. The summed E-state index contributed by atoms with van der Waals surface area (Å²) in [4.78, 5) is 0. The van der Waals surface area contributed by atoms with E-state index in [-0.39, 0.29) is 0 Å². The van der Waals surface area contributed by atoms with Crippen LogP contribution in [0.3, 0.4) is 0 Å². The quantitative estimate of drug-likeness (QED) is 0.515. The SMILES string of the molecule is COc1ccc(/C=N\n2cnnc2SCc2ccccc2)cc1. The summed E-state index contributed by atoms with van der Waals surface area (Å²) in [6.07, 6.45) is 3.38. The molecule has 0 unspecified atom stereocenters. The van der Waals surface area contributed by atoms with Gasteiger partial charge in [0.25, 0.3) is 0 Å². The van der Waals surface area contributed by atoms with Gasteiger partial charge in [0.05, 0.1) is 13.3 Å². The second-order valence-corrected chi connectivity index (χ2v) is 5.69. The summed E-state index contributed by atoms with van der Waals surface area (Å²) in [7, 11) is 1.65. The fourth-order valence-corrected chi connectivity index (χ4v) is 2.75. The Kier molecular flexibility index (Phi) is 5.06. The van der Waals surface area contributed by atoms with Gasteiger partial charge < -0.3 is 4.74 Å². The fraction of sp³-hybridized carbons (Fsp3) is 0.118. The van der Waals surface area contributed by atoms with Gasteiger partial charge in [0, 0.05) is 5.75 Å². The van der Waals surface area contributed by atoms with Gasteiger partial charge in [0.2, 0.25) is 5.16 Å². The molecule has 116 valence electrons. The molecule has 3 rings (SSSR count). The van der Waals surface area contributed by atoms with Crippen LogP contribution in [0.4, 0.5) is 0 Å². The molecule has 0 spiro atoms. The first kappa shape index (κ1) is 15.3. The van der Waals surface area contributed by atoms with Crippen molar-refractivity contribution in [2.24, 2.45) is 5.10 Å². The van der Waals surface area contributed by atoms with Crippen molar-refractivity contribution in [3.05, 3.63) is 72.1 Å². The first-order valence-corrected chi connectivity index (χ1v) is 8.09. The number of benzene rings is 2. The van der Waals surface area contributed by atoms with E-state index in [1.807, 2.05) is 42.5 Å². The molecule has 0 N–H and O–H groups in total. The van der Waals surface area contributed by atoms with E-state index >= 15 is 0 Å². The molecule has 0 aliphatic carbocycles. The molecule has 0 bridgehead atoms. The molecule has 0 atom stereocenters. The van der Waals surface area contributed by atoms with Crippen molar-refractivity contribution in [2.45, 2.75) is 10.9 Å². The molecule has 6 heteroatoms. The second kappa shape index (κ2) is 7.60. The first-order valence-electron chi connectivity index (χ1n) is 7.10. The highest BCUT2D eigenvalue weighted by Crippen LogP contribution is 2.20. The van der Waals surface area contributed by atoms with Crippen molar-refractivity contribution in [1.29, 1.82) is 0 Å². The van der Waals surface area contributed by atoms with Gasteiger partial charge >= 0.3 is 0 Å². The number of methoxy groups -OCH3 is 1. The summed E-state index contributed by atoms with van der Waals surface area (Å²) < 4.78 is 6.82. The van der Waals surface area contributed by atoms with E-state index in [1.165, 1.54) is 5.56 Å². The molecule has 1 heterocycles. The van der Waals surface area contributed by atoms with Crippen molar-refractivity contribution < 1.29 is 4.74 Å². The van der Waals surface area contributed by atoms with Crippen LogP contribution in [0.15, 0.2) is 71.2 Å². The molecule has 0 saturated carbocycles. The molecule has 3 aromatic rings. The van der Waals surface area contributed by atoms with Gasteiger partial charge in [0.1, 0.15) is 12.1 Å². The summed E-state index contributed by atoms with van der Waals surface area (Å²) in [5.74, 6) is 1.66. The maximum absolute atomic E-state index is 5.14. The minimum atomic E-state index is 0.763. The largest absolute Gasteiger partial charge is 0.497 e. The standard InChI is InChI=1S/C17H16N4OS/c1-22-16-9-7-14(8-10-16)11-19-21-13-18-20-17(21)23-12-15-5-3-2-4-6-15/h2-11,13H,12H2,1H3/b19-11-. The Balaban J connectivity index is 1.66. The van der Waals surface area contributed by atoms with Crippen molar-refractivity contribution in [1.82, 2.24) is 14.9 Å². The number of aromatic nitrogens is 3. The van der Waals surface area contributed by atoms with Crippen LogP contribution in [-0.4, -0.2) is 28.2 Å². The molecule has 0 aliphatic rings. The zero-order valence-corrected chi connectivity index (χ0v) is 13.5. The first-order chi connectivity index (χ1) is 11.3. The van der Waals surface area contributed by atoms with E-state index in [2.05, 4.69) is 27.4 Å².